The van der Waals surface area contributed by atoms with Crippen LogP contribution >= 0.6 is 0 Å². The average Bonchev–Trinajstić information content (AvgIpc) is 2.98. The molecule has 1 aromatic carbocycles. The van der Waals surface area contributed by atoms with Gasteiger partial charge in [0.25, 0.3) is 11.8 Å². The minimum atomic E-state index is -3.43. The van der Waals surface area contributed by atoms with Crippen LogP contribution in [0.4, 0.5) is 0 Å². The Hall–Kier alpha value is -1.85. The fourth-order valence-corrected chi connectivity index (χ4v) is 4.92. The van der Waals surface area contributed by atoms with E-state index in [0.29, 0.717) is 50.3 Å². The molecule has 1 unspecified atom stereocenters. The molecule has 0 bridgehead atoms. The molecule has 2 aliphatic rings. The van der Waals surface area contributed by atoms with Gasteiger partial charge >= 0.3 is 0 Å². The number of benzene rings is 1. The molecule has 10 heteroatoms. The predicted molar refractivity (Wildman–Crippen MR) is 111 cm³/mol. The Morgan fingerprint density at radius 3 is 2.20 bits per heavy atom. The van der Waals surface area contributed by atoms with E-state index in [1.54, 1.807) is 24.3 Å². The highest BCUT2D eigenvalue weighted by Gasteiger charge is 2.34. The lowest BCUT2D eigenvalue weighted by molar-refractivity contribution is 0.0574. The lowest BCUT2D eigenvalue weighted by Gasteiger charge is -2.34. The first kappa shape index (κ1) is 22.8. The number of carbonyl (C=O) groups is 2. The number of piperazine rings is 1. The number of hydrogen-bond donors (Lipinski definition) is 1. The van der Waals surface area contributed by atoms with Gasteiger partial charge in [-0.05, 0) is 18.6 Å². The summed E-state index contributed by atoms with van der Waals surface area (Å²) in [5.41, 5.74) is 0.770. The highest BCUT2D eigenvalue weighted by molar-refractivity contribution is 7.89. The van der Waals surface area contributed by atoms with Crippen molar-refractivity contribution in [2.24, 2.45) is 0 Å². The van der Waals surface area contributed by atoms with Gasteiger partial charge in [0.05, 0.1) is 42.7 Å². The number of nitrogens with zero attached hydrogens (tertiary/aromatic N) is 3. The molecule has 2 aliphatic heterocycles. The van der Waals surface area contributed by atoms with E-state index >= 15 is 0 Å². The molecule has 2 amide bonds. The molecule has 0 radical (unpaired) electrons. The van der Waals surface area contributed by atoms with Gasteiger partial charge in [-0.2, -0.15) is 4.31 Å². The maximum absolute atomic E-state index is 12.5. The van der Waals surface area contributed by atoms with Crippen LogP contribution in [-0.2, 0) is 14.8 Å². The van der Waals surface area contributed by atoms with Crippen molar-refractivity contribution < 1.29 is 27.9 Å². The van der Waals surface area contributed by atoms with E-state index in [1.165, 1.54) is 4.31 Å². The number of β-amino-alcohol motifs (C(OH)–C–C–N with tert-alkyl or cyclic N) is 1. The van der Waals surface area contributed by atoms with Crippen LogP contribution in [0, 0.1) is 0 Å². The predicted octanol–water partition coefficient (Wildman–Crippen LogP) is 0.0175. The van der Waals surface area contributed by atoms with Crippen molar-refractivity contribution in [1.82, 2.24) is 14.1 Å². The van der Waals surface area contributed by atoms with Crippen LogP contribution in [0.5, 0.6) is 0 Å². The van der Waals surface area contributed by atoms with Crippen molar-refractivity contribution in [3.8, 4) is 0 Å². The molecule has 166 valence electrons. The molecule has 0 saturated carbocycles. The summed E-state index contributed by atoms with van der Waals surface area (Å²) in [7, 11) is -3.43. The fourth-order valence-electron chi connectivity index (χ4n) is 3.61. The smallest absolute Gasteiger partial charge is 0.261 e. The maximum atomic E-state index is 12.5. The molecular weight excluding hydrogens is 410 g/mol. The zero-order valence-electron chi connectivity index (χ0n) is 17.2. The Labute approximate surface area is 177 Å². The third-order valence-electron chi connectivity index (χ3n) is 5.49. The first-order valence-corrected chi connectivity index (χ1v) is 11.9. The molecule has 0 aliphatic carbocycles. The van der Waals surface area contributed by atoms with Gasteiger partial charge in [0.15, 0.2) is 0 Å². The number of rotatable bonds is 10. The van der Waals surface area contributed by atoms with Gasteiger partial charge < -0.3 is 9.84 Å². The molecule has 3 rings (SSSR count). The first-order chi connectivity index (χ1) is 14.3. The van der Waals surface area contributed by atoms with Crippen LogP contribution in [0.15, 0.2) is 24.3 Å². The summed E-state index contributed by atoms with van der Waals surface area (Å²) >= 11 is 0. The number of fused-ring (bicyclic) bond motifs is 1. The van der Waals surface area contributed by atoms with Crippen LogP contribution in [-0.4, -0.2) is 104 Å². The second-order valence-electron chi connectivity index (χ2n) is 7.50. The van der Waals surface area contributed by atoms with E-state index in [1.807, 2.05) is 6.92 Å². The highest BCUT2D eigenvalue weighted by Crippen LogP contribution is 2.21. The first-order valence-electron chi connectivity index (χ1n) is 10.2. The summed E-state index contributed by atoms with van der Waals surface area (Å²) in [4.78, 5) is 27.7. The highest BCUT2D eigenvalue weighted by atomic mass is 32.2. The molecule has 0 aromatic heterocycles. The average molecular weight is 440 g/mol. The summed E-state index contributed by atoms with van der Waals surface area (Å²) in [6.07, 6.45) is 0.292. The summed E-state index contributed by atoms with van der Waals surface area (Å²) in [6.45, 7) is 4.63. The monoisotopic (exact) mass is 439 g/mol. The summed E-state index contributed by atoms with van der Waals surface area (Å²) < 4.78 is 31.9. The number of aliphatic hydroxyl groups is 1. The van der Waals surface area contributed by atoms with Crippen molar-refractivity contribution in [3.05, 3.63) is 35.4 Å². The van der Waals surface area contributed by atoms with Gasteiger partial charge in [-0.15, -0.1) is 0 Å². The van der Waals surface area contributed by atoms with Gasteiger partial charge in [-0.25, -0.2) is 8.42 Å². The Bertz CT molecular complexity index is 832. The van der Waals surface area contributed by atoms with Crippen LogP contribution in [0.1, 0.15) is 34.1 Å². The van der Waals surface area contributed by atoms with E-state index < -0.39 is 10.0 Å². The van der Waals surface area contributed by atoms with Gasteiger partial charge in [0.1, 0.15) is 0 Å². The van der Waals surface area contributed by atoms with E-state index in [9.17, 15) is 23.1 Å². The quantitative estimate of drug-likeness (QED) is 0.404. The number of imide groups is 1. The number of amides is 2. The van der Waals surface area contributed by atoms with Gasteiger partial charge in [0.2, 0.25) is 10.0 Å². The molecule has 30 heavy (non-hydrogen) atoms. The summed E-state index contributed by atoms with van der Waals surface area (Å²) in [5, 5.41) is 9.73. The number of ether oxygens (including phenoxy) is 1. The van der Waals surface area contributed by atoms with Crippen molar-refractivity contribution in [3.63, 3.8) is 0 Å². The third-order valence-corrected chi connectivity index (χ3v) is 7.32. The minimum absolute atomic E-state index is 0.000264. The largest absolute Gasteiger partial charge is 0.392 e. The normalized spacial score (nSPS) is 19.3. The van der Waals surface area contributed by atoms with E-state index in [-0.39, 0.29) is 43.4 Å². The molecule has 1 saturated heterocycles. The van der Waals surface area contributed by atoms with E-state index in [4.69, 9.17) is 4.74 Å². The van der Waals surface area contributed by atoms with Crippen molar-refractivity contribution in [2.45, 2.75) is 19.4 Å². The Balaban J connectivity index is 1.38. The number of carbonyl (C=O) groups excluding carboxylic acids is 2. The van der Waals surface area contributed by atoms with Gasteiger partial charge in [0, 0.05) is 32.7 Å². The standard InChI is InChI=1S/C20H29N3O6S/c1-2-16(24)15-21-7-9-22(10-8-21)30(27,28)14-13-29-12-11-23-19(25)17-5-3-4-6-18(17)20(23)26/h3-6,16,24H,2,7-15H2,1H3. The van der Waals surface area contributed by atoms with Crippen molar-refractivity contribution in [1.29, 1.82) is 0 Å². The second-order valence-corrected chi connectivity index (χ2v) is 9.59. The molecule has 0 spiro atoms. The molecule has 1 N–H and O–H groups in total. The summed E-state index contributed by atoms with van der Waals surface area (Å²) in [5.74, 6) is -0.844. The molecule has 1 atom stereocenters. The molecule has 1 aromatic rings. The zero-order chi connectivity index (χ0) is 21.7. The lowest BCUT2D eigenvalue weighted by atomic mass is 10.1. The third kappa shape index (κ3) is 5.25. The Kier molecular flexibility index (Phi) is 7.59. The molecule has 1 fully saturated rings. The number of hydrogen-bond acceptors (Lipinski definition) is 7. The van der Waals surface area contributed by atoms with E-state index in [0.717, 1.165) is 4.90 Å². The fraction of sp³-hybridized carbons (Fsp3) is 0.600. The zero-order valence-corrected chi connectivity index (χ0v) is 18.0. The van der Waals surface area contributed by atoms with Gasteiger partial charge in [-0.1, -0.05) is 19.1 Å². The second kappa shape index (κ2) is 9.97. The van der Waals surface area contributed by atoms with Crippen LogP contribution in [0.25, 0.3) is 0 Å². The van der Waals surface area contributed by atoms with Gasteiger partial charge in [-0.3, -0.25) is 19.4 Å². The SMILES string of the molecule is CCC(O)CN1CCN(S(=O)(=O)CCOCCN2C(=O)c3ccccc3C2=O)CC1. The van der Waals surface area contributed by atoms with Crippen molar-refractivity contribution in [2.75, 3.05) is 58.2 Å². The maximum Gasteiger partial charge on any atom is 0.261 e. The topological polar surface area (TPSA) is 107 Å². The van der Waals surface area contributed by atoms with Crippen LogP contribution < -0.4 is 0 Å². The van der Waals surface area contributed by atoms with Crippen LogP contribution in [0.3, 0.4) is 0 Å². The Morgan fingerprint density at radius 1 is 1.03 bits per heavy atom. The molecule has 9 nitrogen and oxygen atoms in total. The molecular formula is C20H29N3O6S. The van der Waals surface area contributed by atoms with E-state index in [2.05, 4.69) is 4.90 Å². The Morgan fingerprint density at radius 2 is 1.63 bits per heavy atom. The van der Waals surface area contributed by atoms with Crippen molar-refractivity contribution >= 4 is 21.8 Å². The number of sulfonamides is 1. The molecule has 2 heterocycles. The minimum Gasteiger partial charge on any atom is -0.392 e. The number of aliphatic hydroxyl groups excluding tert-OH is 1. The summed E-state index contributed by atoms with van der Waals surface area (Å²) in [6, 6.07) is 6.65. The lowest BCUT2D eigenvalue weighted by Crippen LogP contribution is -2.51. The van der Waals surface area contributed by atoms with Crippen LogP contribution in [0.2, 0.25) is 0 Å².